The van der Waals surface area contributed by atoms with E-state index in [4.69, 9.17) is 5.73 Å². The van der Waals surface area contributed by atoms with Crippen molar-refractivity contribution in [2.75, 3.05) is 12.0 Å². The number of carbonyl (C=O) groups is 4. The van der Waals surface area contributed by atoms with Gasteiger partial charge in [-0.05, 0) is 37.2 Å². The summed E-state index contributed by atoms with van der Waals surface area (Å²) in [6.45, 7) is 8.37. The Labute approximate surface area is 188 Å². The maximum absolute atomic E-state index is 12.9. The van der Waals surface area contributed by atoms with E-state index in [1.54, 1.807) is 20.8 Å². The summed E-state index contributed by atoms with van der Waals surface area (Å²) in [5.74, 6) is -3.06. The lowest BCUT2D eigenvalue weighted by Gasteiger charge is -2.28. The number of aliphatic carboxylic acids is 1. The minimum atomic E-state index is -1.19. The molecule has 0 aliphatic rings. The van der Waals surface area contributed by atoms with Crippen molar-refractivity contribution < 1.29 is 29.4 Å². The number of amides is 3. The molecule has 31 heavy (non-hydrogen) atoms. The summed E-state index contributed by atoms with van der Waals surface area (Å²) in [5, 5.41) is 26.6. The second kappa shape index (κ2) is 14.3. The first-order valence-electron chi connectivity index (χ1n) is 10.4. The molecule has 180 valence electrons. The molecule has 6 atom stereocenters. The van der Waals surface area contributed by atoms with E-state index in [1.165, 1.54) is 18.7 Å². The highest BCUT2D eigenvalue weighted by atomic mass is 32.2. The standard InChI is InChI=1S/C20H38N4O6S/c1-7-11(4)16(20(29)30)24-19(28)15(10(2)3)23-17(26)13(8-9-31-6)22-18(27)14(21)12(5)25/h10-16,25H,7-9,21H2,1-6H3,(H,22,27)(H,23,26)(H,24,28)(H,29,30). The number of nitrogens with one attached hydrogen (secondary N) is 3. The van der Waals surface area contributed by atoms with Gasteiger partial charge >= 0.3 is 5.97 Å². The monoisotopic (exact) mass is 462 g/mol. The maximum atomic E-state index is 12.9. The maximum Gasteiger partial charge on any atom is 0.326 e. The quantitative estimate of drug-likeness (QED) is 0.204. The predicted molar refractivity (Wildman–Crippen MR) is 120 cm³/mol. The van der Waals surface area contributed by atoms with Gasteiger partial charge in [-0.1, -0.05) is 34.1 Å². The molecular weight excluding hydrogens is 424 g/mol. The lowest BCUT2D eigenvalue weighted by atomic mass is 9.97. The Morgan fingerprint density at radius 3 is 1.90 bits per heavy atom. The lowest BCUT2D eigenvalue weighted by Crippen LogP contribution is -2.59. The Morgan fingerprint density at radius 2 is 1.48 bits per heavy atom. The van der Waals surface area contributed by atoms with E-state index < -0.39 is 54.0 Å². The topological polar surface area (TPSA) is 171 Å². The number of carboxylic acids is 1. The molecule has 0 bridgehead atoms. The van der Waals surface area contributed by atoms with Gasteiger partial charge < -0.3 is 31.9 Å². The molecule has 0 fully saturated rings. The number of thioether (sulfide) groups is 1. The summed E-state index contributed by atoms with van der Waals surface area (Å²) in [5.41, 5.74) is 5.64. The molecule has 0 aliphatic carbocycles. The average molecular weight is 463 g/mol. The van der Waals surface area contributed by atoms with Crippen LogP contribution in [0.1, 0.15) is 47.5 Å². The SMILES string of the molecule is CCC(C)C(NC(=O)C(NC(=O)C(CCSC)NC(=O)C(N)C(C)O)C(C)C)C(=O)O. The normalized spacial score (nSPS) is 17.1. The molecule has 0 aromatic heterocycles. The van der Waals surface area contributed by atoms with Crippen LogP contribution in [0.5, 0.6) is 0 Å². The number of carboxylic acid groups (broad SMARTS) is 1. The van der Waals surface area contributed by atoms with E-state index >= 15 is 0 Å². The fraction of sp³-hybridized carbons (Fsp3) is 0.800. The van der Waals surface area contributed by atoms with Crippen molar-refractivity contribution in [3.8, 4) is 0 Å². The van der Waals surface area contributed by atoms with Gasteiger partial charge in [-0.3, -0.25) is 14.4 Å². The number of carbonyl (C=O) groups excluding carboxylic acids is 3. The van der Waals surface area contributed by atoms with Gasteiger partial charge in [0.05, 0.1) is 6.10 Å². The van der Waals surface area contributed by atoms with Crippen LogP contribution in [0.2, 0.25) is 0 Å². The average Bonchev–Trinajstić information content (AvgIpc) is 2.70. The van der Waals surface area contributed by atoms with Crippen LogP contribution >= 0.6 is 11.8 Å². The van der Waals surface area contributed by atoms with Gasteiger partial charge in [0.2, 0.25) is 17.7 Å². The van der Waals surface area contributed by atoms with E-state index in [-0.39, 0.29) is 11.8 Å². The van der Waals surface area contributed by atoms with Crippen LogP contribution in [0.4, 0.5) is 0 Å². The van der Waals surface area contributed by atoms with E-state index in [0.717, 1.165) is 0 Å². The number of hydrogen-bond donors (Lipinski definition) is 6. The van der Waals surface area contributed by atoms with Crippen LogP contribution in [0.3, 0.4) is 0 Å². The zero-order valence-electron chi connectivity index (χ0n) is 19.2. The van der Waals surface area contributed by atoms with Crippen molar-refractivity contribution in [3.05, 3.63) is 0 Å². The zero-order chi connectivity index (χ0) is 24.3. The van der Waals surface area contributed by atoms with Gasteiger partial charge in [0.1, 0.15) is 24.2 Å². The molecule has 0 rings (SSSR count). The van der Waals surface area contributed by atoms with Crippen molar-refractivity contribution >= 4 is 35.5 Å². The third kappa shape index (κ3) is 9.88. The summed E-state index contributed by atoms with van der Waals surface area (Å²) >= 11 is 1.48. The van der Waals surface area contributed by atoms with Crippen LogP contribution in [0.15, 0.2) is 0 Å². The molecule has 3 amide bonds. The third-order valence-electron chi connectivity index (χ3n) is 5.09. The van der Waals surface area contributed by atoms with Crippen LogP contribution in [-0.4, -0.2) is 76.2 Å². The number of nitrogens with two attached hydrogens (primary N) is 1. The molecule has 0 saturated heterocycles. The number of hydrogen-bond acceptors (Lipinski definition) is 7. The molecule has 7 N–H and O–H groups in total. The first-order valence-corrected chi connectivity index (χ1v) is 11.8. The Balaban J connectivity index is 5.43. The van der Waals surface area contributed by atoms with Gasteiger partial charge in [-0.15, -0.1) is 0 Å². The van der Waals surface area contributed by atoms with Crippen LogP contribution < -0.4 is 21.7 Å². The first kappa shape index (κ1) is 29.1. The minimum Gasteiger partial charge on any atom is -0.480 e. The van der Waals surface area contributed by atoms with Crippen LogP contribution in [0, 0.1) is 11.8 Å². The molecule has 0 heterocycles. The van der Waals surface area contributed by atoms with Crippen LogP contribution in [-0.2, 0) is 19.2 Å². The predicted octanol–water partition coefficient (Wildman–Crippen LogP) is -0.311. The number of rotatable bonds is 14. The Morgan fingerprint density at radius 1 is 0.935 bits per heavy atom. The summed E-state index contributed by atoms with van der Waals surface area (Å²) < 4.78 is 0. The van der Waals surface area contributed by atoms with Crippen molar-refractivity contribution in [1.29, 1.82) is 0 Å². The summed E-state index contributed by atoms with van der Waals surface area (Å²) in [4.78, 5) is 49.4. The highest BCUT2D eigenvalue weighted by Crippen LogP contribution is 2.11. The highest BCUT2D eigenvalue weighted by molar-refractivity contribution is 7.98. The molecule has 0 saturated carbocycles. The molecule has 6 unspecified atom stereocenters. The molecule has 0 spiro atoms. The van der Waals surface area contributed by atoms with Gasteiger partial charge in [-0.25, -0.2) is 4.79 Å². The van der Waals surface area contributed by atoms with Gasteiger partial charge in [0.25, 0.3) is 0 Å². The van der Waals surface area contributed by atoms with E-state index in [9.17, 15) is 29.4 Å². The number of aliphatic hydroxyl groups is 1. The Kier molecular flexibility index (Phi) is 13.4. The summed E-state index contributed by atoms with van der Waals surface area (Å²) in [7, 11) is 0. The van der Waals surface area contributed by atoms with E-state index in [0.29, 0.717) is 18.6 Å². The fourth-order valence-corrected chi connectivity index (χ4v) is 3.18. The second-order valence-electron chi connectivity index (χ2n) is 8.05. The molecule has 11 heteroatoms. The van der Waals surface area contributed by atoms with E-state index in [1.807, 2.05) is 13.2 Å². The molecule has 0 aromatic rings. The molecule has 0 aliphatic heterocycles. The fourth-order valence-electron chi connectivity index (χ4n) is 2.71. The van der Waals surface area contributed by atoms with Gasteiger partial charge in [-0.2, -0.15) is 11.8 Å². The summed E-state index contributed by atoms with van der Waals surface area (Å²) in [6, 6.07) is -4.21. The smallest absolute Gasteiger partial charge is 0.326 e. The minimum absolute atomic E-state index is 0.291. The van der Waals surface area contributed by atoms with Crippen molar-refractivity contribution in [2.24, 2.45) is 17.6 Å². The molecule has 0 aromatic carbocycles. The van der Waals surface area contributed by atoms with Crippen molar-refractivity contribution in [1.82, 2.24) is 16.0 Å². The van der Waals surface area contributed by atoms with Crippen molar-refractivity contribution in [3.63, 3.8) is 0 Å². The Hall–Kier alpha value is -1.85. The number of aliphatic hydroxyl groups excluding tert-OH is 1. The van der Waals surface area contributed by atoms with Gasteiger partial charge in [0, 0.05) is 0 Å². The molecular formula is C20H38N4O6S. The summed E-state index contributed by atoms with van der Waals surface area (Å²) in [6.07, 6.45) is 1.61. The molecule has 0 radical (unpaired) electrons. The third-order valence-corrected chi connectivity index (χ3v) is 5.73. The lowest BCUT2D eigenvalue weighted by molar-refractivity contribution is -0.144. The zero-order valence-corrected chi connectivity index (χ0v) is 20.0. The molecule has 10 nitrogen and oxygen atoms in total. The van der Waals surface area contributed by atoms with Gasteiger partial charge in [0.15, 0.2) is 0 Å². The first-order chi connectivity index (χ1) is 14.4. The second-order valence-corrected chi connectivity index (χ2v) is 9.03. The van der Waals surface area contributed by atoms with E-state index in [2.05, 4.69) is 16.0 Å². The highest BCUT2D eigenvalue weighted by Gasteiger charge is 2.33. The Bertz CT molecular complexity index is 616. The van der Waals surface area contributed by atoms with Crippen molar-refractivity contribution in [2.45, 2.75) is 77.7 Å². The van der Waals surface area contributed by atoms with Crippen LogP contribution in [0.25, 0.3) is 0 Å². The largest absolute Gasteiger partial charge is 0.480 e.